The molecule has 1 aliphatic heterocycles. The highest BCUT2D eigenvalue weighted by Crippen LogP contribution is 2.45. The molecule has 1 saturated carbocycles. The van der Waals surface area contributed by atoms with Gasteiger partial charge in [-0.25, -0.2) is 0 Å². The van der Waals surface area contributed by atoms with Gasteiger partial charge in [0.1, 0.15) is 6.61 Å². The van der Waals surface area contributed by atoms with Crippen LogP contribution in [0.1, 0.15) is 43.6 Å². The molecule has 1 heterocycles. The maximum absolute atomic E-state index is 6.08. The molecular weight excluding hydrogens is 248 g/mol. The summed E-state index contributed by atoms with van der Waals surface area (Å²) >= 11 is 0. The summed E-state index contributed by atoms with van der Waals surface area (Å²) in [7, 11) is 0. The molecule has 3 rings (SSSR count). The van der Waals surface area contributed by atoms with Crippen LogP contribution < -0.4 is 0 Å². The van der Waals surface area contributed by atoms with Crippen LogP contribution in [-0.4, -0.2) is 24.9 Å². The van der Waals surface area contributed by atoms with Crippen LogP contribution in [0.5, 0.6) is 0 Å². The summed E-state index contributed by atoms with van der Waals surface area (Å²) in [6, 6.07) is 10.8. The van der Waals surface area contributed by atoms with Crippen molar-refractivity contribution in [2.24, 2.45) is 0 Å². The molecule has 1 atom stereocenters. The first-order valence-electron chi connectivity index (χ1n) is 7.55. The number of rotatable bonds is 3. The van der Waals surface area contributed by atoms with Crippen molar-refractivity contribution in [3.8, 4) is 12.3 Å². The summed E-state index contributed by atoms with van der Waals surface area (Å²) in [4.78, 5) is 0. The van der Waals surface area contributed by atoms with E-state index >= 15 is 0 Å². The average Bonchev–Trinajstić information content (AvgIpc) is 2.90. The highest BCUT2D eigenvalue weighted by atomic mass is 16.6. The van der Waals surface area contributed by atoms with Gasteiger partial charge in [-0.05, 0) is 37.2 Å². The van der Waals surface area contributed by atoms with Gasteiger partial charge in [-0.1, -0.05) is 36.3 Å². The minimum atomic E-state index is 0.0601. The monoisotopic (exact) mass is 270 g/mol. The van der Waals surface area contributed by atoms with Crippen LogP contribution in [0.4, 0.5) is 0 Å². The second kappa shape index (κ2) is 5.99. The Bertz CT molecular complexity index is 466. The summed E-state index contributed by atoms with van der Waals surface area (Å²) in [5.74, 6) is 3.23. The number of ether oxygens (including phenoxy) is 2. The predicted octanol–water partition coefficient (Wildman–Crippen LogP) is 3.52. The fraction of sp³-hybridized carbons (Fsp3) is 0.556. The Kier molecular flexibility index (Phi) is 4.10. The third-order valence-corrected chi connectivity index (χ3v) is 4.75. The van der Waals surface area contributed by atoms with Crippen molar-refractivity contribution >= 4 is 0 Å². The molecule has 1 aromatic rings. The van der Waals surface area contributed by atoms with Crippen LogP contribution in [0, 0.1) is 12.3 Å². The zero-order chi connectivity index (χ0) is 13.8. The van der Waals surface area contributed by atoms with Crippen LogP contribution in [0.15, 0.2) is 30.3 Å². The molecule has 0 N–H and O–H groups in total. The number of hydrogen-bond donors (Lipinski definition) is 0. The van der Waals surface area contributed by atoms with Gasteiger partial charge < -0.3 is 9.47 Å². The smallest absolute Gasteiger partial charge is 0.107 e. The lowest BCUT2D eigenvalue weighted by Gasteiger charge is -2.36. The van der Waals surface area contributed by atoms with Gasteiger partial charge in [0, 0.05) is 6.42 Å². The lowest BCUT2D eigenvalue weighted by atomic mass is 9.75. The van der Waals surface area contributed by atoms with Crippen molar-refractivity contribution in [3.63, 3.8) is 0 Å². The molecule has 1 aliphatic carbocycles. The number of benzene rings is 1. The molecule has 2 nitrogen and oxygen atoms in total. The van der Waals surface area contributed by atoms with E-state index in [9.17, 15) is 0 Å². The minimum Gasteiger partial charge on any atom is -0.372 e. The standard InChI is InChI=1S/C18H22O2/c1-2-12-19-17-13-18(20-14-17)10-8-16(9-11-18)15-6-4-3-5-7-15/h1,3-7,16-17H,8-14H2. The Morgan fingerprint density at radius 3 is 2.70 bits per heavy atom. The van der Waals surface area contributed by atoms with Crippen molar-refractivity contribution in [1.82, 2.24) is 0 Å². The molecule has 20 heavy (non-hydrogen) atoms. The Morgan fingerprint density at radius 1 is 1.25 bits per heavy atom. The summed E-state index contributed by atoms with van der Waals surface area (Å²) < 4.78 is 11.7. The van der Waals surface area contributed by atoms with E-state index < -0.39 is 0 Å². The van der Waals surface area contributed by atoms with Gasteiger partial charge in [0.2, 0.25) is 0 Å². The van der Waals surface area contributed by atoms with Gasteiger partial charge in [-0.3, -0.25) is 0 Å². The van der Waals surface area contributed by atoms with Crippen LogP contribution in [-0.2, 0) is 9.47 Å². The molecule has 0 aromatic heterocycles. The Hall–Kier alpha value is -1.30. The minimum absolute atomic E-state index is 0.0601. The molecule has 2 fully saturated rings. The Morgan fingerprint density at radius 2 is 2.00 bits per heavy atom. The summed E-state index contributed by atoms with van der Waals surface area (Å²) in [6.07, 6.45) is 11.2. The Balaban J connectivity index is 1.55. The van der Waals surface area contributed by atoms with Crippen molar-refractivity contribution in [2.75, 3.05) is 13.2 Å². The molecule has 1 aromatic carbocycles. The van der Waals surface area contributed by atoms with Crippen molar-refractivity contribution in [1.29, 1.82) is 0 Å². The van der Waals surface area contributed by atoms with Crippen LogP contribution >= 0.6 is 0 Å². The first-order valence-corrected chi connectivity index (χ1v) is 7.55. The fourth-order valence-corrected chi connectivity index (χ4v) is 3.63. The molecule has 1 saturated heterocycles. The van der Waals surface area contributed by atoms with Gasteiger partial charge in [0.15, 0.2) is 0 Å². The molecule has 0 amide bonds. The molecule has 0 radical (unpaired) electrons. The average molecular weight is 270 g/mol. The van der Waals surface area contributed by atoms with E-state index in [1.165, 1.54) is 18.4 Å². The van der Waals surface area contributed by atoms with Gasteiger partial charge in [-0.15, -0.1) is 6.42 Å². The third-order valence-electron chi connectivity index (χ3n) is 4.75. The van der Waals surface area contributed by atoms with Gasteiger partial charge in [-0.2, -0.15) is 0 Å². The maximum atomic E-state index is 6.08. The van der Waals surface area contributed by atoms with Crippen LogP contribution in [0.25, 0.3) is 0 Å². The topological polar surface area (TPSA) is 18.5 Å². The fourth-order valence-electron chi connectivity index (χ4n) is 3.63. The summed E-state index contributed by atoms with van der Waals surface area (Å²) in [5, 5.41) is 0. The molecule has 2 heteroatoms. The van der Waals surface area contributed by atoms with Crippen molar-refractivity contribution in [3.05, 3.63) is 35.9 Å². The molecule has 1 spiro atoms. The van der Waals surface area contributed by atoms with Gasteiger partial charge >= 0.3 is 0 Å². The van der Waals surface area contributed by atoms with E-state index in [-0.39, 0.29) is 11.7 Å². The zero-order valence-corrected chi connectivity index (χ0v) is 11.9. The zero-order valence-electron chi connectivity index (χ0n) is 11.9. The lowest BCUT2D eigenvalue weighted by Crippen LogP contribution is -2.33. The van der Waals surface area contributed by atoms with Gasteiger partial charge in [0.05, 0.1) is 18.3 Å². The van der Waals surface area contributed by atoms with E-state index in [0.717, 1.165) is 19.3 Å². The lowest BCUT2D eigenvalue weighted by molar-refractivity contribution is -0.0307. The largest absolute Gasteiger partial charge is 0.372 e. The first-order chi connectivity index (χ1) is 9.81. The van der Waals surface area contributed by atoms with E-state index in [4.69, 9.17) is 15.9 Å². The van der Waals surface area contributed by atoms with Crippen LogP contribution in [0.3, 0.4) is 0 Å². The molecule has 0 bridgehead atoms. The van der Waals surface area contributed by atoms with E-state index in [0.29, 0.717) is 19.1 Å². The van der Waals surface area contributed by atoms with E-state index in [1.807, 2.05) is 0 Å². The quantitative estimate of drug-likeness (QED) is 0.782. The first kappa shape index (κ1) is 13.7. The van der Waals surface area contributed by atoms with E-state index in [1.54, 1.807) is 0 Å². The molecule has 2 aliphatic rings. The highest BCUT2D eigenvalue weighted by Gasteiger charge is 2.43. The summed E-state index contributed by atoms with van der Waals surface area (Å²) in [5.41, 5.74) is 1.53. The normalized spacial score (nSPS) is 33.1. The van der Waals surface area contributed by atoms with Crippen LogP contribution in [0.2, 0.25) is 0 Å². The molecular formula is C18H22O2. The van der Waals surface area contributed by atoms with Gasteiger partial charge in [0.25, 0.3) is 0 Å². The van der Waals surface area contributed by atoms with E-state index in [2.05, 4.69) is 36.3 Å². The third kappa shape index (κ3) is 2.90. The predicted molar refractivity (Wildman–Crippen MR) is 79.5 cm³/mol. The second-order valence-corrected chi connectivity index (χ2v) is 6.02. The molecule has 1 unspecified atom stereocenters. The van der Waals surface area contributed by atoms with Crippen molar-refractivity contribution in [2.45, 2.75) is 49.7 Å². The van der Waals surface area contributed by atoms with Crippen molar-refractivity contribution < 1.29 is 9.47 Å². The number of terminal acetylenes is 1. The Labute approximate surface area is 121 Å². The number of hydrogen-bond acceptors (Lipinski definition) is 2. The highest BCUT2D eigenvalue weighted by molar-refractivity contribution is 5.20. The molecule has 106 valence electrons. The second-order valence-electron chi connectivity index (χ2n) is 6.02. The summed E-state index contributed by atoms with van der Waals surface area (Å²) in [6.45, 7) is 1.11. The SMILES string of the molecule is C#CCOC1COC2(CCC(c3ccccc3)CC2)C1. The maximum Gasteiger partial charge on any atom is 0.107 e.